The Balaban J connectivity index is 3.41. The van der Waals surface area contributed by atoms with Gasteiger partial charge >= 0.3 is 5.97 Å². The maximum absolute atomic E-state index is 12.6. The van der Waals surface area contributed by atoms with Gasteiger partial charge in [0, 0.05) is 12.8 Å². The molecule has 0 aromatic carbocycles. The van der Waals surface area contributed by atoms with Gasteiger partial charge in [-0.3, -0.25) is 9.59 Å². The molecule has 0 aromatic rings. The molecule has 6 nitrogen and oxygen atoms in total. The van der Waals surface area contributed by atoms with E-state index in [1.54, 1.807) is 0 Å². The van der Waals surface area contributed by atoms with Gasteiger partial charge in [-0.15, -0.1) is 0 Å². The second-order valence-electron chi connectivity index (χ2n) is 26.3. The van der Waals surface area contributed by atoms with Crippen molar-refractivity contribution >= 4 is 11.9 Å². The number of aliphatic hydroxyl groups excluding tert-OH is 2. The Hall–Kier alpha value is -1.66. The Morgan fingerprint density at radius 1 is 0.337 bits per heavy atom. The van der Waals surface area contributed by atoms with E-state index in [2.05, 4.69) is 43.5 Å². The summed E-state index contributed by atoms with van der Waals surface area (Å²) in [6.45, 7) is 5.00. The highest BCUT2D eigenvalue weighted by Gasteiger charge is 2.20. The van der Waals surface area contributed by atoms with E-state index < -0.39 is 12.1 Å². The van der Waals surface area contributed by atoms with E-state index in [1.807, 2.05) is 0 Å². The zero-order chi connectivity index (χ0) is 59.9. The second-order valence-corrected chi connectivity index (χ2v) is 26.3. The van der Waals surface area contributed by atoms with Crippen LogP contribution in [0.4, 0.5) is 0 Å². The van der Waals surface area contributed by atoms with Gasteiger partial charge in [-0.2, -0.15) is 0 Å². The number of hydrogen-bond donors (Lipinski definition) is 3. The normalized spacial score (nSPS) is 12.6. The van der Waals surface area contributed by atoms with Crippen LogP contribution in [0.1, 0.15) is 431 Å². The van der Waals surface area contributed by atoms with Gasteiger partial charge in [-0.25, -0.2) is 0 Å². The molecule has 0 fully saturated rings. The first-order valence-electron chi connectivity index (χ1n) is 38.1. The van der Waals surface area contributed by atoms with Crippen molar-refractivity contribution in [1.82, 2.24) is 5.32 Å². The molecule has 0 aliphatic heterocycles. The number of rotatable bonds is 72. The van der Waals surface area contributed by atoms with Crippen LogP contribution in [-0.2, 0) is 14.3 Å². The quantitative estimate of drug-likeness (QED) is 0.0320. The smallest absolute Gasteiger partial charge is 0.305 e. The highest BCUT2D eigenvalue weighted by Crippen LogP contribution is 2.20. The lowest BCUT2D eigenvalue weighted by atomic mass is 10.0. The van der Waals surface area contributed by atoms with E-state index >= 15 is 0 Å². The minimum Gasteiger partial charge on any atom is -0.466 e. The predicted octanol–water partition coefficient (Wildman–Crippen LogP) is 24.9. The van der Waals surface area contributed by atoms with Crippen molar-refractivity contribution in [1.29, 1.82) is 0 Å². The van der Waals surface area contributed by atoms with Crippen LogP contribution in [0, 0.1) is 0 Å². The van der Waals surface area contributed by atoms with Gasteiger partial charge in [0.25, 0.3) is 0 Å². The van der Waals surface area contributed by atoms with Gasteiger partial charge in [0.1, 0.15) is 0 Å². The summed E-state index contributed by atoms with van der Waals surface area (Å²) < 4.78 is 5.51. The van der Waals surface area contributed by atoms with Crippen LogP contribution in [0.5, 0.6) is 0 Å². The van der Waals surface area contributed by atoms with Gasteiger partial charge in [-0.05, 0) is 57.8 Å². The number of unbranched alkanes of at least 4 members (excludes halogenated alkanes) is 57. The number of hydrogen-bond acceptors (Lipinski definition) is 5. The van der Waals surface area contributed by atoms with E-state index in [0.717, 1.165) is 44.9 Å². The highest BCUT2D eigenvalue weighted by molar-refractivity contribution is 5.76. The predicted molar refractivity (Wildman–Crippen MR) is 366 cm³/mol. The summed E-state index contributed by atoms with van der Waals surface area (Å²) in [5.41, 5.74) is 0. The Labute approximate surface area is 520 Å². The number of allylic oxidation sites excluding steroid dienone is 4. The topological polar surface area (TPSA) is 95.9 Å². The number of nitrogens with one attached hydrogen (secondary N) is 1. The number of esters is 1. The van der Waals surface area contributed by atoms with Gasteiger partial charge in [0.15, 0.2) is 0 Å². The minimum absolute atomic E-state index is 0.0146. The summed E-state index contributed by atoms with van der Waals surface area (Å²) in [5, 5.41) is 23.4. The monoisotopic (exact) mass is 1170 g/mol. The molecule has 0 bridgehead atoms. The highest BCUT2D eigenvalue weighted by atomic mass is 16.5. The summed E-state index contributed by atoms with van der Waals surface area (Å²) in [7, 11) is 0. The number of carbonyl (C=O) groups is 2. The Morgan fingerprint density at radius 2 is 0.602 bits per heavy atom. The molecule has 0 rings (SSSR count). The SMILES string of the molecule is CCCCCCCCCCCCCCCCCCCCCCCCCC(O)C(CO)NC(=O)CCCCCCCCCCC/C=C\C/C=C\CCCCCCCCCCCOC(=O)CCCCCCCCCCCCCCCCCCCC. The number of carbonyl (C=O) groups excluding carboxylic acids is 2. The molecular weight excluding hydrogens is 1020 g/mol. The largest absolute Gasteiger partial charge is 0.466 e. The molecular formula is C77H149NO5. The van der Waals surface area contributed by atoms with Crippen LogP contribution in [-0.4, -0.2) is 47.4 Å². The summed E-state index contributed by atoms with van der Waals surface area (Å²) >= 11 is 0. The van der Waals surface area contributed by atoms with Crippen LogP contribution in [0.25, 0.3) is 0 Å². The third kappa shape index (κ3) is 69.3. The van der Waals surface area contributed by atoms with Crippen molar-refractivity contribution in [2.45, 2.75) is 443 Å². The molecule has 6 heteroatoms. The lowest BCUT2D eigenvalue weighted by Crippen LogP contribution is -2.45. The fraction of sp³-hybridized carbons (Fsp3) is 0.922. The molecule has 0 aliphatic rings. The zero-order valence-electron chi connectivity index (χ0n) is 56.5. The zero-order valence-corrected chi connectivity index (χ0v) is 56.5. The third-order valence-corrected chi connectivity index (χ3v) is 18.0. The average molecular weight is 1170 g/mol. The Morgan fingerprint density at radius 3 is 0.916 bits per heavy atom. The van der Waals surface area contributed by atoms with Gasteiger partial charge < -0.3 is 20.3 Å². The van der Waals surface area contributed by atoms with Crippen molar-refractivity contribution in [3.8, 4) is 0 Å². The summed E-state index contributed by atoms with van der Waals surface area (Å²) in [6, 6.07) is -0.548. The summed E-state index contributed by atoms with van der Waals surface area (Å²) in [6.07, 6.45) is 92.4. The molecule has 2 unspecified atom stereocenters. The molecule has 0 aromatic heterocycles. The van der Waals surface area contributed by atoms with Crippen molar-refractivity contribution in [2.24, 2.45) is 0 Å². The fourth-order valence-electron chi connectivity index (χ4n) is 12.2. The van der Waals surface area contributed by atoms with Crippen molar-refractivity contribution in [3.63, 3.8) is 0 Å². The lowest BCUT2D eigenvalue weighted by Gasteiger charge is -2.22. The molecule has 2 atom stereocenters. The van der Waals surface area contributed by atoms with Crippen LogP contribution in [0.15, 0.2) is 24.3 Å². The van der Waals surface area contributed by atoms with Crippen LogP contribution < -0.4 is 5.32 Å². The standard InChI is InChI=1S/C77H149NO5/c1-3-5-7-9-11-13-15-17-19-21-23-24-28-31-34-37-41-45-49-53-57-61-65-69-75(80)74(73-79)78-76(81)70-66-62-58-54-50-46-42-38-35-32-29-26-25-27-30-33-36-40-44-48-52-56-60-64-68-72-83-77(82)71-67-63-59-55-51-47-43-39-22-20-18-16-14-12-10-8-6-4-2/h26-27,29-30,74-75,79-80H,3-25,28,31-73H2,1-2H3,(H,78,81)/b29-26-,30-27-. The fourth-order valence-corrected chi connectivity index (χ4v) is 12.2. The maximum Gasteiger partial charge on any atom is 0.305 e. The van der Waals surface area contributed by atoms with Gasteiger partial charge in [0.05, 0.1) is 25.4 Å². The van der Waals surface area contributed by atoms with Crippen molar-refractivity contribution < 1.29 is 24.5 Å². The van der Waals surface area contributed by atoms with E-state index in [4.69, 9.17) is 4.74 Å². The van der Waals surface area contributed by atoms with Crippen LogP contribution in [0.2, 0.25) is 0 Å². The maximum atomic E-state index is 12.6. The van der Waals surface area contributed by atoms with E-state index in [0.29, 0.717) is 25.9 Å². The van der Waals surface area contributed by atoms with Crippen molar-refractivity contribution in [2.75, 3.05) is 13.2 Å². The van der Waals surface area contributed by atoms with E-state index in [1.165, 1.54) is 353 Å². The summed E-state index contributed by atoms with van der Waals surface area (Å²) in [5.74, 6) is -0.0215. The van der Waals surface area contributed by atoms with Crippen LogP contribution >= 0.6 is 0 Å². The molecule has 0 saturated heterocycles. The molecule has 492 valence electrons. The Kier molecular flexibility index (Phi) is 71.4. The molecule has 0 radical (unpaired) electrons. The van der Waals surface area contributed by atoms with Crippen LogP contribution in [0.3, 0.4) is 0 Å². The molecule has 83 heavy (non-hydrogen) atoms. The second kappa shape index (κ2) is 72.8. The van der Waals surface area contributed by atoms with Gasteiger partial charge in [0.2, 0.25) is 5.91 Å². The summed E-state index contributed by atoms with van der Waals surface area (Å²) in [4.78, 5) is 24.7. The molecule has 0 heterocycles. The number of aliphatic hydroxyl groups is 2. The first kappa shape index (κ1) is 81.3. The van der Waals surface area contributed by atoms with Crippen molar-refractivity contribution in [3.05, 3.63) is 24.3 Å². The Bertz CT molecular complexity index is 1300. The molecule has 0 spiro atoms. The first-order chi connectivity index (χ1) is 41.0. The molecule has 1 amide bonds. The lowest BCUT2D eigenvalue weighted by molar-refractivity contribution is -0.143. The third-order valence-electron chi connectivity index (χ3n) is 18.0. The van der Waals surface area contributed by atoms with Gasteiger partial charge in [-0.1, -0.05) is 385 Å². The average Bonchev–Trinajstić information content (AvgIpc) is 3.49. The molecule has 3 N–H and O–H groups in total. The molecule has 0 aliphatic carbocycles. The first-order valence-corrected chi connectivity index (χ1v) is 38.1. The minimum atomic E-state index is -0.670. The van der Waals surface area contributed by atoms with E-state index in [9.17, 15) is 19.8 Å². The number of amides is 1. The van der Waals surface area contributed by atoms with E-state index in [-0.39, 0.29) is 18.5 Å². The number of ether oxygens (including phenoxy) is 1. The molecule has 0 saturated carbocycles.